The fourth-order valence-electron chi connectivity index (χ4n) is 4.00. The molecule has 0 aliphatic carbocycles. The van der Waals surface area contributed by atoms with Crippen LogP contribution in [0.2, 0.25) is 0 Å². The molecule has 4 heterocycles. The van der Waals surface area contributed by atoms with Crippen LogP contribution in [-0.2, 0) is 4.74 Å². The van der Waals surface area contributed by atoms with Crippen molar-refractivity contribution in [1.29, 1.82) is 0 Å². The number of nitrogens with zero attached hydrogens (tertiary/aromatic N) is 4. The van der Waals surface area contributed by atoms with Crippen LogP contribution >= 0.6 is 0 Å². The van der Waals surface area contributed by atoms with Crippen molar-refractivity contribution in [3.8, 4) is 11.3 Å². The summed E-state index contributed by atoms with van der Waals surface area (Å²) in [6.45, 7) is 3.08. The molecule has 0 amide bonds. The van der Waals surface area contributed by atoms with Crippen LogP contribution in [0, 0.1) is 0 Å². The number of alkyl halides is 2. The van der Waals surface area contributed by atoms with Crippen LogP contribution in [0.5, 0.6) is 0 Å². The van der Waals surface area contributed by atoms with Crippen molar-refractivity contribution >= 4 is 22.5 Å². The molecule has 0 spiro atoms. The number of morpholine rings is 1. The summed E-state index contributed by atoms with van der Waals surface area (Å²) in [4.78, 5) is 15.4. The molecule has 3 aromatic rings. The smallest absolute Gasteiger partial charge is 0.266 e. The normalized spacial score (nSPS) is 20.8. The number of halogens is 2. The zero-order valence-corrected chi connectivity index (χ0v) is 17.0. The number of hydrogen-bond donors (Lipinski definition) is 2. The van der Waals surface area contributed by atoms with Crippen molar-refractivity contribution in [2.24, 2.45) is 0 Å². The Morgan fingerprint density at radius 2 is 2.03 bits per heavy atom. The number of nitrogens with one attached hydrogen (secondary N) is 2. The number of ether oxygens (including phenoxy) is 1. The van der Waals surface area contributed by atoms with Gasteiger partial charge < -0.3 is 20.3 Å². The lowest BCUT2D eigenvalue weighted by Gasteiger charge is -2.24. The van der Waals surface area contributed by atoms with E-state index in [2.05, 4.69) is 20.6 Å². The molecule has 2 aromatic heterocycles. The van der Waals surface area contributed by atoms with E-state index in [1.54, 1.807) is 17.3 Å². The molecule has 0 bridgehead atoms. The van der Waals surface area contributed by atoms with Gasteiger partial charge in [0.15, 0.2) is 5.82 Å². The van der Waals surface area contributed by atoms with Crippen molar-refractivity contribution in [2.75, 3.05) is 49.5 Å². The summed E-state index contributed by atoms with van der Waals surface area (Å²) >= 11 is 0. The van der Waals surface area contributed by atoms with Crippen molar-refractivity contribution in [3.05, 3.63) is 42.7 Å². The SMILES string of the molecule is FC1(F)CCN(c2ccc(-c3cc4nccnc4c(NCC4CNCCO4)n3)cc2)C1. The van der Waals surface area contributed by atoms with Gasteiger partial charge in [0.05, 0.1) is 30.5 Å². The minimum Gasteiger partial charge on any atom is -0.374 e. The summed E-state index contributed by atoms with van der Waals surface area (Å²) in [5, 5.41) is 6.68. The summed E-state index contributed by atoms with van der Waals surface area (Å²) in [5.41, 5.74) is 3.87. The van der Waals surface area contributed by atoms with Gasteiger partial charge in [0.1, 0.15) is 5.52 Å². The first-order valence-corrected chi connectivity index (χ1v) is 10.5. The maximum Gasteiger partial charge on any atom is 0.266 e. The largest absolute Gasteiger partial charge is 0.374 e. The number of hydrogen-bond acceptors (Lipinski definition) is 7. The van der Waals surface area contributed by atoms with E-state index in [4.69, 9.17) is 9.72 Å². The summed E-state index contributed by atoms with van der Waals surface area (Å²) in [7, 11) is 0. The summed E-state index contributed by atoms with van der Waals surface area (Å²) < 4.78 is 32.8. The van der Waals surface area contributed by atoms with Crippen LogP contribution < -0.4 is 15.5 Å². The van der Waals surface area contributed by atoms with Crippen LogP contribution in [0.25, 0.3) is 22.3 Å². The molecule has 5 rings (SSSR count). The zero-order chi connectivity index (χ0) is 21.3. The number of benzene rings is 1. The molecular weight excluding hydrogens is 402 g/mol. The maximum atomic E-state index is 13.5. The minimum atomic E-state index is -2.62. The van der Waals surface area contributed by atoms with Crippen molar-refractivity contribution in [3.63, 3.8) is 0 Å². The second kappa shape index (κ2) is 8.32. The molecule has 1 aromatic carbocycles. The molecule has 2 N–H and O–H groups in total. The molecular formula is C22H24F2N6O. The lowest BCUT2D eigenvalue weighted by molar-refractivity contribution is 0.0257. The molecule has 2 aliphatic rings. The summed E-state index contributed by atoms with van der Waals surface area (Å²) in [6, 6.07) is 9.45. The first-order chi connectivity index (χ1) is 15.1. The Labute approximate surface area is 178 Å². The Bertz CT molecular complexity index is 1060. The predicted octanol–water partition coefficient (Wildman–Crippen LogP) is 2.94. The van der Waals surface area contributed by atoms with Crippen LogP contribution in [0.1, 0.15) is 6.42 Å². The third-order valence-electron chi connectivity index (χ3n) is 5.66. The third-order valence-corrected chi connectivity index (χ3v) is 5.66. The van der Waals surface area contributed by atoms with E-state index in [1.807, 2.05) is 30.3 Å². The predicted molar refractivity (Wildman–Crippen MR) is 116 cm³/mol. The van der Waals surface area contributed by atoms with Gasteiger partial charge in [0.25, 0.3) is 5.92 Å². The maximum absolute atomic E-state index is 13.5. The van der Waals surface area contributed by atoms with Gasteiger partial charge in [-0.25, -0.2) is 18.7 Å². The van der Waals surface area contributed by atoms with Gasteiger partial charge in [-0.1, -0.05) is 12.1 Å². The van der Waals surface area contributed by atoms with E-state index >= 15 is 0 Å². The average Bonchev–Trinajstić information content (AvgIpc) is 3.17. The van der Waals surface area contributed by atoms with Crippen molar-refractivity contribution in [2.45, 2.75) is 18.4 Å². The van der Waals surface area contributed by atoms with Gasteiger partial charge in [-0.2, -0.15) is 0 Å². The second-order valence-corrected chi connectivity index (χ2v) is 7.93. The molecule has 31 heavy (non-hydrogen) atoms. The number of anilines is 2. The Balaban J connectivity index is 1.40. The Hall–Kier alpha value is -2.91. The molecule has 2 fully saturated rings. The van der Waals surface area contributed by atoms with Gasteiger partial charge >= 0.3 is 0 Å². The molecule has 0 saturated carbocycles. The first kappa shape index (κ1) is 20.0. The Morgan fingerprint density at radius 3 is 2.77 bits per heavy atom. The summed E-state index contributed by atoms with van der Waals surface area (Å²) in [5.74, 6) is -1.96. The fraction of sp³-hybridized carbons (Fsp3) is 0.409. The highest BCUT2D eigenvalue weighted by Gasteiger charge is 2.38. The highest BCUT2D eigenvalue weighted by molar-refractivity contribution is 5.88. The molecule has 0 radical (unpaired) electrons. The van der Waals surface area contributed by atoms with Crippen LogP contribution in [0.4, 0.5) is 20.3 Å². The van der Waals surface area contributed by atoms with Gasteiger partial charge in [-0.05, 0) is 18.2 Å². The zero-order valence-electron chi connectivity index (χ0n) is 17.0. The standard InChI is InChI=1S/C22H24F2N6O/c23-22(24)5-9-30(14-22)16-3-1-15(2-4-16)18-11-19-20(27-7-6-26-19)21(29-18)28-13-17-12-25-8-10-31-17/h1-4,6-7,11,17,25H,5,8-10,12-14H2,(H,28,29). The van der Waals surface area contributed by atoms with Crippen LogP contribution in [0.3, 0.4) is 0 Å². The Morgan fingerprint density at radius 1 is 1.19 bits per heavy atom. The highest BCUT2D eigenvalue weighted by atomic mass is 19.3. The van der Waals surface area contributed by atoms with E-state index in [-0.39, 0.29) is 19.1 Å². The van der Waals surface area contributed by atoms with E-state index in [0.717, 1.165) is 35.6 Å². The third kappa shape index (κ3) is 4.42. The topological polar surface area (TPSA) is 75.2 Å². The van der Waals surface area contributed by atoms with Gasteiger partial charge in [-0.3, -0.25) is 4.98 Å². The van der Waals surface area contributed by atoms with Crippen molar-refractivity contribution in [1.82, 2.24) is 20.3 Å². The highest BCUT2D eigenvalue weighted by Crippen LogP contribution is 2.32. The molecule has 2 saturated heterocycles. The Kier molecular flexibility index (Phi) is 5.37. The molecule has 7 nitrogen and oxygen atoms in total. The molecule has 2 aliphatic heterocycles. The van der Waals surface area contributed by atoms with Gasteiger partial charge in [0, 0.05) is 56.2 Å². The van der Waals surface area contributed by atoms with Crippen molar-refractivity contribution < 1.29 is 13.5 Å². The van der Waals surface area contributed by atoms with E-state index in [9.17, 15) is 8.78 Å². The number of pyridine rings is 1. The van der Waals surface area contributed by atoms with E-state index in [0.29, 0.717) is 31.0 Å². The molecule has 9 heteroatoms. The number of aromatic nitrogens is 3. The van der Waals surface area contributed by atoms with Gasteiger partial charge in [-0.15, -0.1) is 0 Å². The summed E-state index contributed by atoms with van der Waals surface area (Å²) in [6.07, 6.45) is 3.26. The lowest BCUT2D eigenvalue weighted by atomic mass is 10.1. The quantitative estimate of drug-likeness (QED) is 0.650. The lowest BCUT2D eigenvalue weighted by Crippen LogP contribution is -2.42. The minimum absolute atomic E-state index is 0.0591. The van der Waals surface area contributed by atoms with Gasteiger partial charge in [0.2, 0.25) is 0 Å². The fourth-order valence-corrected chi connectivity index (χ4v) is 4.00. The van der Waals surface area contributed by atoms with E-state index in [1.165, 1.54) is 0 Å². The number of rotatable bonds is 5. The average molecular weight is 426 g/mol. The van der Waals surface area contributed by atoms with Crippen LogP contribution in [-0.4, -0.2) is 66.3 Å². The van der Waals surface area contributed by atoms with Crippen LogP contribution in [0.15, 0.2) is 42.7 Å². The number of fused-ring (bicyclic) bond motifs is 1. The molecule has 1 unspecified atom stereocenters. The van der Waals surface area contributed by atoms with E-state index < -0.39 is 5.92 Å². The monoisotopic (exact) mass is 426 g/mol. The molecule has 162 valence electrons. The molecule has 1 atom stereocenters. The first-order valence-electron chi connectivity index (χ1n) is 10.5. The second-order valence-electron chi connectivity index (χ2n) is 7.93.